The number of nitrogens with zero attached hydrogens (tertiary/aromatic N) is 2. The fourth-order valence-corrected chi connectivity index (χ4v) is 2.32. The molecule has 0 fully saturated rings. The zero-order valence-corrected chi connectivity index (χ0v) is 13.0. The Kier molecular flexibility index (Phi) is 4.96. The zero-order chi connectivity index (χ0) is 14.5. The van der Waals surface area contributed by atoms with Crippen molar-refractivity contribution in [1.29, 1.82) is 0 Å². The van der Waals surface area contributed by atoms with E-state index < -0.39 is 0 Å². The van der Waals surface area contributed by atoms with E-state index in [1.54, 1.807) is 0 Å². The van der Waals surface area contributed by atoms with Crippen LogP contribution in [0.25, 0.3) is 0 Å². The molecule has 20 heavy (non-hydrogen) atoms. The van der Waals surface area contributed by atoms with Gasteiger partial charge in [0, 0.05) is 19.3 Å². The van der Waals surface area contributed by atoms with E-state index in [2.05, 4.69) is 66.8 Å². The molecule has 2 aromatic rings. The molecule has 108 valence electrons. The first kappa shape index (κ1) is 14.8. The molecule has 1 aromatic heterocycles. The topological polar surface area (TPSA) is 29.9 Å². The van der Waals surface area contributed by atoms with Gasteiger partial charge in [-0.3, -0.25) is 0 Å². The standard InChI is InChI=1S/C17H25N3/c1-5-18-10-17-11-19-14(4)20(17)12-15-6-8-16(9-7-15)13(2)3/h6-9,11,13,18H,5,10,12H2,1-4H3. The Morgan fingerprint density at radius 2 is 1.90 bits per heavy atom. The SMILES string of the molecule is CCNCc1cnc(C)n1Cc1ccc(C(C)C)cc1. The van der Waals surface area contributed by atoms with Crippen LogP contribution in [0, 0.1) is 6.92 Å². The average molecular weight is 271 g/mol. The van der Waals surface area contributed by atoms with E-state index in [9.17, 15) is 0 Å². The smallest absolute Gasteiger partial charge is 0.106 e. The van der Waals surface area contributed by atoms with Crippen LogP contribution >= 0.6 is 0 Å². The van der Waals surface area contributed by atoms with Crippen molar-refractivity contribution in [2.75, 3.05) is 6.54 Å². The molecule has 0 aliphatic carbocycles. The third-order valence-electron chi connectivity index (χ3n) is 3.68. The number of hydrogen-bond acceptors (Lipinski definition) is 2. The lowest BCUT2D eigenvalue weighted by molar-refractivity contribution is 0.646. The molecule has 0 bridgehead atoms. The highest BCUT2D eigenvalue weighted by Gasteiger charge is 2.07. The van der Waals surface area contributed by atoms with E-state index in [4.69, 9.17) is 0 Å². The van der Waals surface area contributed by atoms with E-state index in [1.807, 2.05) is 6.20 Å². The van der Waals surface area contributed by atoms with Crippen LogP contribution in [0.1, 0.15) is 49.3 Å². The summed E-state index contributed by atoms with van der Waals surface area (Å²) < 4.78 is 2.28. The summed E-state index contributed by atoms with van der Waals surface area (Å²) in [5, 5.41) is 3.37. The van der Waals surface area contributed by atoms with Crippen LogP contribution < -0.4 is 5.32 Å². The van der Waals surface area contributed by atoms with Gasteiger partial charge >= 0.3 is 0 Å². The van der Waals surface area contributed by atoms with Gasteiger partial charge in [0.2, 0.25) is 0 Å². The molecule has 0 aliphatic rings. The third-order valence-corrected chi connectivity index (χ3v) is 3.68. The second kappa shape index (κ2) is 6.71. The fraction of sp³-hybridized carbons (Fsp3) is 0.471. The van der Waals surface area contributed by atoms with Gasteiger partial charge in [-0.05, 0) is 30.5 Å². The molecule has 3 nitrogen and oxygen atoms in total. The number of aryl methyl sites for hydroxylation is 1. The van der Waals surface area contributed by atoms with Crippen molar-refractivity contribution >= 4 is 0 Å². The molecule has 0 radical (unpaired) electrons. The highest BCUT2D eigenvalue weighted by molar-refractivity contribution is 5.25. The van der Waals surface area contributed by atoms with E-state index in [0.717, 1.165) is 25.5 Å². The number of aromatic nitrogens is 2. The second-order valence-corrected chi connectivity index (χ2v) is 5.56. The number of rotatable bonds is 6. The van der Waals surface area contributed by atoms with Crippen molar-refractivity contribution in [3.05, 3.63) is 53.1 Å². The molecule has 0 unspecified atom stereocenters. The van der Waals surface area contributed by atoms with Crippen LogP contribution in [0.3, 0.4) is 0 Å². The molecule has 1 heterocycles. The van der Waals surface area contributed by atoms with Gasteiger partial charge in [0.1, 0.15) is 5.82 Å². The summed E-state index contributed by atoms with van der Waals surface area (Å²) >= 11 is 0. The van der Waals surface area contributed by atoms with Crippen LogP contribution in [-0.2, 0) is 13.1 Å². The van der Waals surface area contributed by atoms with Gasteiger partial charge in [-0.15, -0.1) is 0 Å². The molecule has 1 aromatic carbocycles. The van der Waals surface area contributed by atoms with Crippen LogP contribution in [-0.4, -0.2) is 16.1 Å². The van der Waals surface area contributed by atoms with Gasteiger partial charge in [0.25, 0.3) is 0 Å². The van der Waals surface area contributed by atoms with Crippen molar-refractivity contribution in [2.45, 2.75) is 46.7 Å². The van der Waals surface area contributed by atoms with Crippen LogP contribution in [0.5, 0.6) is 0 Å². The molecule has 1 N–H and O–H groups in total. The maximum Gasteiger partial charge on any atom is 0.106 e. The first-order valence-electron chi connectivity index (χ1n) is 7.42. The summed E-state index contributed by atoms with van der Waals surface area (Å²) in [4.78, 5) is 4.43. The monoisotopic (exact) mass is 271 g/mol. The van der Waals surface area contributed by atoms with Gasteiger partial charge in [0.05, 0.1) is 5.69 Å². The van der Waals surface area contributed by atoms with E-state index in [0.29, 0.717) is 5.92 Å². The maximum atomic E-state index is 4.43. The minimum absolute atomic E-state index is 0.586. The van der Waals surface area contributed by atoms with Crippen LogP contribution in [0.15, 0.2) is 30.5 Å². The Morgan fingerprint density at radius 1 is 1.20 bits per heavy atom. The first-order chi connectivity index (χ1) is 9.61. The molecule has 0 aliphatic heterocycles. The van der Waals surface area contributed by atoms with Crippen molar-refractivity contribution in [3.8, 4) is 0 Å². The van der Waals surface area contributed by atoms with E-state index >= 15 is 0 Å². The maximum absolute atomic E-state index is 4.43. The lowest BCUT2D eigenvalue weighted by Gasteiger charge is -2.12. The molecular formula is C17H25N3. The predicted octanol–water partition coefficient (Wildman–Crippen LogP) is 3.47. The Hall–Kier alpha value is -1.61. The molecule has 2 rings (SSSR count). The fourth-order valence-electron chi connectivity index (χ4n) is 2.32. The van der Waals surface area contributed by atoms with Gasteiger partial charge in [-0.2, -0.15) is 0 Å². The Labute approximate surface area is 122 Å². The average Bonchev–Trinajstić information content (AvgIpc) is 2.78. The minimum atomic E-state index is 0.586. The van der Waals surface area contributed by atoms with Crippen LogP contribution in [0.2, 0.25) is 0 Å². The normalized spacial score (nSPS) is 11.2. The Morgan fingerprint density at radius 3 is 2.50 bits per heavy atom. The zero-order valence-electron chi connectivity index (χ0n) is 13.0. The Bertz CT molecular complexity index is 538. The molecule has 3 heteroatoms. The molecule has 0 saturated heterocycles. The van der Waals surface area contributed by atoms with E-state index in [1.165, 1.54) is 16.8 Å². The van der Waals surface area contributed by atoms with Gasteiger partial charge in [-0.25, -0.2) is 4.98 Å². The largest absolute Gasteiger partial charge is 0.327 e. The number of nitrogens with one attached hydrogen (secondary N) is 1. The van der Waals surface area contributed by atoms with Crippen molar-refractivity contribution in [2.24, 2.45) is 0 Å². The molecule has 0 amide bonds. The number of hydrogen-bond donors (Lipinski definition) is 1. The summed E-state index contributed by atoms with van der Waals surface area (Å²) in [6.45, 7) is 11.4. The lowest BCUT2D eigenvalue weighted by atomic mass is 10.0. The lowest BCUT2D eigenvalue weighted by Crippen LogP contribution is -2.16. The highest BCUT2D eigenvalue weighted by atomic mass is 15.1. The predicted molar refractivity (Wildman–Crippen MR) is 84.0 cm³/mol. The Balaban J connectivity index is 2.14. The van der Waals surface area contributed by atoms with Gasteiger partial charge in [0.15, 0.2) is 0 Å². The second-order valence-electron chi connectivity index (χ2n) is 5.56. The van der Waals surface area contributed by atoms with Gasteiger partial charge < -0.3 is 9.88 Å². The van der Waals surface area contributed by atoms with Gasteiger partial charge in [-0.1, -0.05) is 45.0 Å². The highest BCUT2D eigenvalue weighted by Crippen LogP contribution is 2.16. The van der Waals surface area contributed by atoms with E-state index in [-0.39, 0.29) is 0 Å². The number of imidazole rings is 1. The third kappa shape index (κ3) is 3.48. The molecule has 0 spiro atoms. The first-order valence-corrected chi connectivity index (χ1v) is 7.42. The summed E-state index contributed by atoms with van der Waals surface area (Å²) in [5.74, 6) is 1.66. The van der Waals surface area contributed by atoms with Crippen molar-refractivity contribution in [3.63, 3.8) is 0 Å². The summed E-state index contributed by atoms with van der Waals surface area (Å²) in [6, 6.07) is 8.92. The summed E-state index contributed by atoms with van der Waals surface area (Å²) in [6.07, 6.45) is 1.97. The summed E-state index contributed by atoms with van der Waals surface area (Å²) in [7, 11) is 0. The minimum Gasteiger partial charge on any atom is -0.327 e. The van der Waals surface area contributed by atoms with Crippen molar-refractivity contribution < 1.29 is 0 Å². The molecule has 0 saturated carbocycles. The number of benzene rings is 1. The quantitative estimate of drug-likeness (QED) is 0.872. The molecule has 0 atom stereocenters. The summed E-state index contributed by atoms with van der Waals surface area (Å²) in [5.41, 5.74) is 3.97. The van der Waals surface area contributed by atoms with Crippen molar-refractivity contribution in [1.82, 2.24) is 14.9 Å². The van der Waals surface area contributed by atoms with Crippen LogP contribution in [0.4, 0.5) is 0 Å². The molecular weight excluding hydrogens is 246 g/mol.